The molecule has 1 unspecified atom stereocenters. The van der Waals surface area contributed by atoms with E-state index in [1.807, 2.05) is 12.1 Å². The van der Waals surface area contributed by atoms with Crippen molar-refractivity contribution < 1.29 is 0 Å². The number of hydrogen-bond donors (Lipinski definition) is 1. The van der Waals surface area contributed by atoms with Crippen molar-refractivity contribution in [1.29, 1.82) is 0 Å². The van der Waals surface area contributed by atoms with Crippen LogP contribution in [0.5, 0.6) is 0 Å². The van der Waals surface area contributed by atoms with Crippen LogP contribution in [0.15, 0.2) is 18.3 Å². The number of thiocarbonyl (C=S) groups is 1. The maximum Gasteiger partial charge on any atom is 0.128 e. The molecule has 1 aromatic rings. The van der Waals surface area contributed by atoms with Crippen LogP contribution in [0.3, 0.4) is 0 Å². The second kappa shape index (κ2) is 5.45. The standard InChI is InChI=1S/C13H19N3S/c1-10-5-3-2-4-8-16(10)12-7-6-11(9-15-12)13(14)17/h6-7,9-10H,2-5,8H2,1H3,(H2,14,17). The molecule has 3 nitrogen and oxygen atoms in total. The van der Waals surface area contributed by atoms with Crippen molar-refractivity contribution in [2.45, 2.75) is 38.6 Å². The molecule has 17 heavy (non-hydrogen) atoms. The highest BCUT2D eigenvalue weighted by Crippen LogP contribution is 2.22. The lowest BCUT2D eigenvalue weighted by Gasteiger charge is -2.28. The Balaban J connectivity index is 2.17. The van der Waals surface area contributed by atoms with Gasteiger partial charge in [0, 0.05) is 24.3 Å². The number of aromatic nitrogens is 1. The van der Waals surface area contributed by atoms with Gasteiger partial charge in [0.15, 0.2) is 0 Å². The van der Waals surface area contributed by atoms with Crippen LogP contribution in [0, 0.1) is 0 Å². The molecular weight excluding hydrogens is 230 g/mol. The summed E-state index contributed by atoms with van der Waals surface area (Å²) in [6.07, 6.45) is 6.92. The molecular formula is C13H19N3S. The first-order valence-corrected chi connectivity index (χ1v) is 6.62. The van der Waals surface area contributed by atoms with Crippen molar-refractivity contribution in [1.82, 2.24) is 4.98 Å². The molecule has 1 aliphatic heterocycles. The van der Waals surface area contributed by atoms with Crippen LogP contribution in [0.25, 0.3) is 0 Å². The molecule has 4 heteroatoms. The summed E-state index contributed by atoms with van der Waals surface area (Å²) in [6.45, 7) is 3.37. The van der Waals surface area contributed by atoms with E-state index in [1.165, 1.54) is 25.7 Å². The third-order valence-electron chi connectivity index (χ3n) is 3.38. The van der Waals surface area contributed by atoms with Crippen molar-refractivity contribution in [3.05, 3.63) is 23.9 Å². The Morgan fingerprint density at radius 1 is 1.41 bits per heavy atom. The van der Waals surface area contributed by atoms with Crippen molar-refractivity contribution in [3.8, 4) is 0 Å². The number of nitrogens with zero attached hydrogens (tertiary/aromatic N) is 2. The molecule has 2 rings (SSSR count). The monoisotopic (exact) mass is 249 g/mol. The lowest BCUT2D eigenvalue weighted by atomic mass is 10.1. The molecule has 1 atom stereocenters. The summed E-state index contributed by atoms with van der Waals surface area (Å²) in [4.78, 5) is 7.27. The van der Waals surface area contributed by atoms with Crippen LogP contribution in [-0.2, 0) is 0 Å². The minimum absolute atomic E-state index is 0.410. The Morgan fingerprint density at radius 2 is 2.24 bits per heavy atom. The lowest BCUT2D eigenvalue weighted by molar-refractivity contribution is 0.611. The van der Waals surface area contributed by atoms with Crippen molar-refractivity contribution in [2.24, 2.45) is 5.73 Å². The molecule has 0 aromatic carbocycles. The van der Waals surface area contributed by atoms with Gasteiger partial charge in [-0.3, -0.25) is 0 Å². The molecule has 0 amide bonds. The zero-order valence-corrected chi connectivity index (χ0v) is 11.0. The Kier molecular flexibility index (Phi) is 3.94. The summed E-state index contributed by atoms with van der Waals surface area (Å²) in [6, 6.07) is 4.55. The minimum atomic E-state index is 0.410. The van der Waals surface area contributed by atoms with Gasteiger partial charge in [0.05, 0.1) is 0 Å². The summed E-state index contributed by atoms with van der Waals surface area (Å²) in [5.41, 5.74) is 6.41. The summed E-state index contributed by atoms with van der Waals surface area (Å²) < 4.78 is 0. The molecule has 0 spiro atoms. The molecule has 0 saturated carbocycles. The average molecular weight is 249 g/mol. The van der Waals surface area contributed by atoms with Crippen molar-refractivity contribution >= 4 is 23.0 Å². The van der Waals surface area contributed by atoms with Crippen LogP contribution in [0.4, 0.5) is 5.82 Å². The minimum Gasteiger partial charge on any atom is -0.389 e. The largest absolute Gasteiger partial charge is 0.389 e. The van der Waals surface area contributed by atoms with Crippen LogP contribution >= 0.6 is 12.2 Å². The zero-order chi connectivity index (χ0) is 12.3. The Bertz CT molecular complexity index is 388. The summed E-state index contributed by atoms with van der Waals surface area (Å²) in [5, 5.41) is 0. The van der Waals surface area contributed by atoms with Crippen molar-refractivity contribution in [2.75, 3.05) is 11.4 Å². The number of rotatable bonds is 2. The van der Waals surface area contributed by atoms with Gasteiger partial charge in [-0.2, -0.15) is 0 Å². The van der Waals surface area contributed by atoms with Crippen LogP contribution < -0.4 is 10.6 Å². The molecule has 0 radical (unpaired) electrons. The van der Waals surface area contributed by atoms with Gasteiger partial charge in [0.1, 0.15) is 10.8 Å². The quantitative estimate of drug-likeness (QED) is 0.818. The molecule has 0 bridgehead atoms. The van der Waals surface area contributed by atoms with E-state index in [1.54, 1.807) is 6.20 Å². The van der Waals surface area contributed by atoms with E-state index in [4.69, 9.17) is 18.0 Å². The number of hydrogen-bond acceptors (Lipinski definition) is 3. The third-order valence-corrected chi connectivity index (χ3v) is 3.62. The predicted molar refractivity (Wildman–Crippen MR) is 75.4 cm³/mol. The molecule has 0 aliphatic carbocycles. The van der Waals surface area contributed by atoms with E-state index in [9.17, 15) is 0 Å². The number of anilines is 1. The van der Waals surface area contributed by atoms with Gasteiger partial charge in [-0.1, -0.05) is 25.1 Å². The highest BCUT2D eigenvalue weighted by molar-refractivity contribution is 7.80. The predicted octanol–water partition coefficient (Wildman–Crippen LogP) is 2.48. The van der Waals surface area contributed by atoms with E-state index in [2.05, 4.69) is 16.8 Å². The van der Waals surface area contributed by atoms with E-state index >= 15 is 0 Å². The van der Waals surface area contributed by atoms with Crippen LogP contribution in [0.2, 0.25) is 0 Å². The fourth-order valence-corrected chi connectivity index (χ4v) is 2.44. The van der Waals surface area contributed by atoms with Crippen LogP contribution in [-0.4, -0.2) is 22.6 Å². The Morgan fingerprint density at radius 3 is 2.88 bits per heavy atom. The maximum atomic E-state index is 5.57. The van der Waals surface area contributed by atoms with Gasteiger partial charge in [-0.25, -0.2) is 4.98 Å². The summed E-state index contributed by atoms with van der Waals surface area (Å²) >= 11 is 4.93. The molecule has 1 fully saturated rings. The first kappa shape index (κ1) is 12.3. The molecule has 2 heterocycles. The third kappa shape index (κ3) is 2.94. The molecule has 1 aromatic heterocycles. The van der Waals surface area contributed by atoms with Crippen LogP contribution in [0.1, 0.15) is 38.2 Å². The van der Waals surface area contributed by atoms with E-state index in [0.717, 1.165) is 17.9 Å². The average Bonchev–Trinajstić information content (AvgIpc) is 2.54. The first-order chi connectivity index (χ1) is 8.18. The maximum absolute atomic E-state index is 5.57. The number of pyridine rings is 1. The van der Waals surface area contributed by atoms with Gasteiger partial charge in [-0.15, -0.1) is 0 Å². The highest BCUT2D eigenvalue weighted by atomic mass is 32.1. The fourth-order valence-electron chi connectivity index (χ4n) is 2.32. The first-order valence-electron chi connectivity index (χ1n) is 6.21. The molecule has 1 saturated heterocycles. The second-order valence-corrected chi connectivity index (χ2v) is 5.10. The van der Waals surface area contributed by atoms with Gasteiger partial charge in [-0.05, 0) is 31.9 Å². The fraction of sp³-hybridized carbons (Fsp3) is 0.538. The summed E-state index contributed by atoms with van der Waals surface area (Å²) in [7, 11) is 0. The zero-order valence-electron chi connectivity index (χ0n) is 10.2. The second-order valence-electron chi connectivity index (χ2n) is 4.66. The van der Waals surface area contributed by atoms with Crippen molar-refractivity contribution in [3.63, 3.8) is 0 Å². The SMILES string of the molecule is CC1CCCCCN1c1ccc(C(N)=S)cn1. The van der Waals surface area contributed by atoms with Gasteiger partial charge >= 0.3 is 0 Å². The van der Waals surface area contributed by atoms with E-state index in [0.29, 0.717) is 11.0 Å². The number of nitrogens with two attached hydrogens (primary N) is 1. The Hall–Kier alpha value is -1.16. The topological polar surface area (TPSA) is 42.1 Å². The smallest absolute Gasteiger partial charge is 0.128 e. The van der Waals surface area contributed by atoms with E-state index in [-0.39, 0.29) is 0 Å². The van der Waals surface area contributed by atoms with E-state index < -0.39 is 0 Å². The molecule has 92 valence electrons. The highest BCUT2D eigenvalue weighted by Gasteiger charge is 2.17. The molecule has 1 aliphatic rings. The van der Waals surface area contributed by atoms with Gasteiger partial charge < -0.3 is 10.6 Å². The summed E-state index contributed by atoms with van der Waals surface area (Å²) in [5.74, 6) is 1.04. The normalized spacial score (nSPS) is 21.0. The molecule has 2 N–H and O–H groups in total. The van der Waals surface area contributed by atoms with Gasteiger partial charge in [0.25, 0.3) is 0 Å². The van der Waals surface area contributed by atoms with Gasteiger partial charge in [0.2, 0.25) is 0 Å². The Labute approximate surface area is 108 Å². The lowest BCUT2D eigenvalue weighted by Crippen LogP contribution is -2.33.